The van der Waals surface area contributed by atoms with Gasteiger partial charge in [-0.1, -0.05) is 51.2 Å². The van der Waals surface area contributed by atoms with Crippen molar-refractivity contribution in [2.45, 2.75) is 19.9 Å². The standard InChI is InChI=1S/C12H13BrCl2N4O/c1-2-3-16-6-10-18-19-12(20-10)17-11-8(14)4-7(13)5-9(11)15/h4-5,16H,2-3,6H2,1H3,(H,17,19). The zero-order valence-corrected chi connectivity index (χ0v) is 13.8. The molecule has 0 spiro atoms. The highest BCUT2D eigenvalue weighted by atomic mass is 79.9. The van der Waals surface area contributed by atoms with Crippen LogP contribution in [-0.4, -0.2) is 16.7 Å². The van der Waals surface area contributed by atoms with Gasteiger partial charge in [0.05, 0.1) is 22.3 Å². The summed E-state index contributed by atoms with van der Waals surface area (Å²) in [5.41, 5.74) is 0.535. The first kappa shape index (κ1) is 15.6. The molecule has 1 aromatic carbocycles. The van der Waals surface area contributed by atoms with Crippen molar-refractivity contribution in [3.05, 3.63) is 32.5 Å². The number of hydrogen-bond acceptors (Lipinski definition) is 5. The number of nitrogens with one attached hydrogen (secondary N) is 2. The highest BCUT2D eigenvalue weighted by Crippen LogP contribution is 2.35. The number of rotatable bonds is 6. The van der Waals surface area contributed by atoms with E-state index in [-0.39, 0.29) is 6.01 Å². The minimum atomic E-state index is 0.254. The Hall–Kier alpha value is -0.820. The molecular weight excluding hydrogens is 367 g/mol. The lowest BCUT2D eigenvalue weighted by Gasteiger charge is -2.07. The predicted molar refractivity (Wildman–Crippen MR) is 83.7 cm³/mol. The zero-order chi connectivity index (χ0) is 14.5. The third kappa shape index (κ3) is 4.09. The fraction of sp³-hybridized carbons (Fsp3) is 0.333. The predicted octanol–water partition coefficient (Wildman–Crippen LogP) is 4.38. The second kappa shape index (κ2) is 7.26. The molecule has 1 aromatic heterocycles. The molecule has 0 fully saturated rings. The Bertz CT molecular complexity index is 568. The van der Waals surface area contributed by atoms with Gasteiger partial charge in [0.2, 0.25) is 5.89 Å². The zero-order valence-electron chi connectivity index (χ0n) is 10.7. The van der Waals surface area contributed by atoms with Crippen LogP contribution in [-0.2, 0) is 6.54 Å². The van der Waals surface area contributed by atoms with Gasteiger partial charge in [-0.15, -0.1) is 5.10 Å². The minimum Gasteiger partial charge on any atom is -0.406 e. The van der Waals surface area contributed by atoms with Crippen LogP contribution in [0.15, 0.2) is 21.0 Å². The van der Waals surface area contributed by atoms with Crippen molar-refractivity contribution in [2.75, 3.05) is 11.9 Å². The molecule has 0 bridgehead atoms. The molecule has 108 valence electrons. The molecule has 0 radical (unpaired) electrons. The SMILES string of the molecule is CCCNCc1nnc(Nc2c(Cl)cc(Br)cc2Cl)o1. The fourth-order valence-electron chi connectivity index (χ4n) is 1.52. The Labute approximate surface area is 135 Å². The molecule has 8 heteroatoms. The van der Waals surface area contributed by atoms with Crippen molar-refractivity contribution in [2.24, 2.45) is 0 Å². The quantitative estimate of drug-likeness (QED) is 0.729. The summed E-state index contributed by atoms with van der Waals surface area (Å²) in [7, 11) is 0. The summed E-state index contributed by atoms with van der Waals surface area (Å²) in [6.45, 7) is 3.52. The summed E-state index contributed by atoms with van der Waals surface area (Å²) in [4.78, 5) is 0. The molecule has 0 aliphatic heterocycles. The summed E-state index contributed by atoms with van der Waals surface area (Å²) < 4.78 is 6.25. The number of nitrogens with zero attached hydrogens (tertiary/aromatic N) is 2. The highest BCUT2D eigenvalue weighted by molar-refractivity contribution is 9.10. The molecule has 0 aliphatic rings. The Kier molecular flexibility index (Phi) is 5.65. The maximum absolute atomic E-state index is 6.11. The second-order valence-electron chi connectivity index (χ2n) is 4.05. The van der Waals surface area contributed by atoms with Crippen molar-refractivity contribution >= 4 is 50.8 Å². The van der Waals surface area contributed by atoms with Crippen LogP contribution >= 0.6 is 39.1 Å². The molecule has 1 heterocycles. The number of halogens is 3. The van der Waals surface area contributed by atoms with Gasteiger partial charge in [0.1, 0.15) is 0 Å². The molecule has 0 aliphatic carbocycles. The number of aromatic nitrogens is 2. The highest BCUT2D eigenvalue weighted by Gasteiger charge is 2.12. The van der Waals surface area contributed by atoms with Crippen LogP contribution in [0, 0.1) is 0 Å². The van der Waals surface area contributed by atoms with Crippen molar-refractivity contribution in [3.8, 4) is 0 Å². The molecule has 0 amide bonds. The van der Waals surface area contributed by atoms with Crippen LogP contribution in [0.1, 0.15) is 19.2 Å². The first-order valence-electron chi connectivity index (χ1n) is 6.04. The molecule has 20 heavy (non-hydrogen) atoms. The monoisotopic (exact) mass is 378 g/mol. The minimum absolute atomic E-state index is 0.254. The average Bonchev–Trinajstić information content (AvgIpc) is 2.82. The van der Waals surface area contributed by atoms with Crippen molar-refractivity contribution in [1.29, 1.82) is 0 Å². The normalized spacial score (nSPS) is 10.8. The molecule has 0 unspecified atom stereocenters. The molecule has 2 aromatic rings. The molecule has 2 N–H and O–H groups in total. The lowest BCUT2D eigenvalue weighted by Crippen LogP contribution is -2.13. The van der Waals surface area contributed by atoms with Gasteiger partial charge in [-0.05, 0) is 25.1 Å². The largest absolute Gasteiger partial charge is 0.406 e. The van der Waals surface area contributed by atoms with Crippen LogP contribution < -0.4 is 10.6 Å². The Morgan fingerprint density at radius 2 is 1.95 bits per heavy atom. The first-order valence-corrected chi connectivity index (χ1v) is 7.59. The van der Waals surface area contributed by atoms with Gasteiger partial charge < -0.3 is 15.1 Å². The van der Waals surface area contributed by atoms with E-state index in [1.807, 2.05) is 0 Å². The van der Waals surface area contributed by atoms with E-state index in [1.54, 1.807) is 12.1 Å². The van der Waals surface area contributed by atoms with Crippen molar-refractivity contribution < 1.29 is 4.42 Å². The summed E-state index contributed by atoms with van der Waals surface area (Å²) in [6.07, 6.45) is 1.04. The third-order valence-electron chi connectivity index (χ3n) is 2.41. The Morgan fingerprint density at radius 1 is 1.25 bits per heavy atom. The number of hydrogen-bond donors (Lipinski definition) is 2. The third-order valence-corrected chi connectivity index (χ3v) is 3.46. The molecule has 5 nitrogen and oxygen atoms in total. The van der Waals surface area contributed by atoms with E-state index in [0.717, 1.165) is 17.4 Å². The van der Waals surface area contributed by atoms with E-state index < -0.39 is 0 Å². The van der Waals surface area contributed by atoms with E-state index in [4.69, 9.17) is 27.6 Å². The van der Waals surface area contributed by atoms with Gasteiger partial charge in [0.25, 0.3) is 0 Å². The van der Waals surface area contributed by atoms with E-state index in [0.29, 0.717) is 28.2 Å². The van der Waals surface area contributed by atoms with E-state index in [9.17, 15) is 0 Å². The Balaban J connectivity index is 2.07. The number of anilines is 2. The van der Waals surface area contributed by atoms with E-state index in [1.165, 1.54) is 0 Å². The van der Waals surface area contributed by atoms with Gasteiger partial charge in [-0.25, -0.2) is 0 Å². The Morgan fingerprint density at radius 3 is 2.60 bits per heavy atom. The van der Waals surface area contributed by atoms with Crippen LogP contribution in [0.3, 0.4) is 0 Å². The van der Waals surface area contributed by atoms with E-state index in [2.05, 4.69) is 43.7 Å². The van der Waals surface area contributed by atoms with Gasteiger partial charge in [-0.3, -0.25) is 0 Å². The van der Waals surface area contributed by atoms with Crippen LogP contribution in [0.25, 0.3) is 0 Å². The van der Waals surface area contributed by atoms with Crippen molar-refractivity contribution in [3.63, 3.8) is 0 Å². The van der Waals surface area contributed by atoms with Crippen LogP contribution in [0.5, 0.6) is 0 Å². The van der Waals surface area contributed by atoms with E-state index >= 15 is 0 Å². The number of benzene rings is 1. The summed E-state index contributed by atoms with van der Waals surface area (Å²) in [5.74, 6) is 0.505. The molecule has 0 saturated heterocycles. The van der Waals surface area contributed by atoms with Gasteiger partial charge in [0.15, 0.2) is 0 Å². The van der Waals surface area contributed by atoms with Crippen molar-refractivity contribution in [1.82, 2.24) is 15.5 Å². The van der Waals surface area contributed by atoms with Gasteiger partial charge in [0, 0.05) is 4.47 Å². The second-order valence-corrected chi connectivity index (χ2v) is 5.78. The van der Waals surface area contributed by atoms with Gasteiger partial charge in [-0.2, -0.15) is 0 Å². The molecular formula is C12H13BrCl2N4O. The average molecular weight is 380 g/mol. The lowest BCUT2D eigenvalue weighted by atomic mass is 10.3. The molecule has 2 rings (SSSR count). The molecule has 0 atom stereocenters. The van der Waals surface area contributed by atoms with Crippen LogP contribution in [0.2, 0.25) is 10.0 Å². The fourth-order valence-corrected chi connectivity index (χ4v) is 2.82. The summed E-state index contributed by atoms with van der Waals surface area (Å²) >= 11 is 15.5. The topological polar surface area (TPSA) is 63.0 Å². The maximum atomic E-state index is 6.11. The first-order chi connectivity index (χ1) is 9.60. The summed E-state index contributed by atoms with van der Waals surface area (Å²) in [6, 6.07) is 3.72. The van der Waals surface area contributed by atoms with Crippen LogP contribution in [0.4, 0.5) is 11.7 Å². The lowest BCUT2D eigenvalue weighted by molar-refractivity contribution is 0.479. The maximum Gasteiger partial charge on any atom is 0.320 e. The smallest absolute Gasteiger partial charge is 0.320 e. The van der Waals surface area contributed by atoms with Gasteiger partial charge >= 0.3 is 6.01 Å². The summed E-state index contributed by atoms with van der Waals surface area (Å²) in [5, 5.41) is 14.9. The molecule has 0 saturated carbocycles.